The van der Waals surface area contributed by atoms with Crippen LogP contribution >= 0.6 is 0 Å². The number of nitrogens with one attached hydrogen (secondary N) is 2. The molecule has 0 fully saturated rings. The van der Waals surface area contributed by atoms with Gasteiger partial charge in [-0.1, -0.05) is 17.7 Å². The fraction of sp³-hybridized carbons (Fsp3) is 0.105. The number of rotatable bonds is 6. The van der Waals surface area contributed by atoms with E-state index in [1.54, 1.807) is 36.4 Å². The molecule has 0 bridgehead atoms. The first-order chi connectivity index (χ1) is 13.5. The van der Waals surface area contributed by atoms with Crippen LogP contribution in [0.4, 0.5) is 28.7 Å². The molecule has 1 heterocycles. The number of aryl methyl sites for hydroxylation is 1. The lowest BCUT2D eigenvalue weighted by molar-refractivity contribution is -0.383. The maximum absolute atomic E-state index is 11.6. The van der Waals surface area contributed by atoms with Crippen molar-refractivity contribution in [2.24, 2.45) is 0 Å². The van der Waals surface area contributed by atoms with Crippen LogP contribution in [0.3, 0.4) is 0 Å². The number of carbonyl (C=O) groups is 1. The Morgan fingerprint density at radius 1 is 0.964 bits per heavy atom. The normalized spacial score (nSPS) is 10.2. The maximum Gasteiger partial charge on any atom is 0.353 e. The first kappa shape index (κ1) is 18.8. The molecule has 142 valence electrons. The van der Waals surface area contributed by atoms with Crippen molar-refractivity contribution in [2.75, 3.05) is 17.7 Å². The highest BCUT2D eigenvalue weighted by molar-refractivity contribution is 5.90. The summed E-state index contributed by atoms with van der Waals surface area (Å²) in [4.78, 5) is 30.6. The van der Waals surface area contributed by atoms with Gasteiger partial charge < -0.3 is 15.4 Å². The van der Waals surface area contributed by atoms with Crippen molar-refractivity contribution in [3.8, 4) is 0 Å². The highest BCUT2D eigenvalue weighted by Gasteiger charge is 2.23. The first-order valence-electron chi connectivity index (χ1n) is 8.26. The molecule has 0 unspecified atom stereocenters. The predicted octanol–water partition coefficient (Wildman–Crippen LogP) is 3.97. The Labute approximate surface area is 160 Å². The van der Waals surface area contributed by atoms with Gasteiger partial charge in [0, 0.05) is 11.4 Å². The van der Waals surface area contributed by atoms with E-state index in [0.717, 1.165) is 5.56 Å². The largest absolute Gasteiger partial charge is 0.465 e. The van der Waals surface area contributed by atoms with Gasteiger partial charge in [-0.15, -0.1) is 0 Å². The van der Waals surface area contributed by atoms with E-state index in [0.29, 0.717) is 16.9 Å². The van der Waals surface area contributed by atoms with Crippen molar-refractivity contribution in [1.29, 1.82) is 0 Å². The topological polar surface area (TPSA) is 119 Å². The number of anilines is 4. The quantitative estimate of drug-likeness (QED) is 0.375. The number of nitrogens with zero attached hydrogens (tertiary/aromatic N) is 3. The standard InChI is InChI=1S/C19H17N5O4/c1-12-3-7-14(8-4-12)22-17-16(24(26)27)18(21-11-20-17)23-15-9-5-13(6-10-15)19(25)28-2/h3-11H,1-2H3,(H2,20,21,22,23). The molecular weight excluding hydrogens is 362 g/mol. The van der Waals surface area contributed by atoms with E-state index >= 15 is 0 Å². The molecule has 0 aliphatic rings. The molecule has 3 rings (SSSR count). The Kier molecular flexibility index (Phi) is 5.45. The van der Waals surface area contributed by atoms with Crippen molar-refractivity contribution in [3.05, 3.63) is 76.1 Å². The highest BCUT2D eigenvalue weighted by Crippen LogP contribution is 2.33. The number of methoxy groups -OCH3 is 1. The second-order valence-corrected chi connectivity index (χ2v) is 5.86. The molecule has 0 aliphatic heterocycles. The van der Waals surface area contributed by atoms with Gasteiger partial charge in [0.1, 0.15) is 6.33 Å². The molecule has 0 saturated heterocycles. The third-order valence-corrected chi connectivity index (χ3v) is 3.89. The van der Waals surface area contributed by atoms with E-state index in [1.165, 1.54) is 13.4 Å². The summed E-state index contributed by atoms with van der Waals surface area (Å²) in [6.07, 6.45) is 1.23. The Morgan fingerprint density at radius 3 is 1.93 bits per heavy atom. The lowest BCUT2D eigenvalue weighted by Crippen LogP contribution is -2.06. The molecule has 0 aliphatic carbocycles. The number of nitro groups is 1. The molecule has 0 amide bonds. The lowest BCUT2D eigenvalue weighted by Gasteiger charge is -2.10. The summed E-state index contributed by atoms with van der Waals surface area (Å²) in [6, 6.07) is 13.7. The molecule has 9 heteroatoms. The van der Waals surface area contributed by atoms with E-state index in [4.69, 9.17) is 0 Å². The molecule has 0 atom stereocenters. The summed E-state index contributed by atoms with van der Waals surface area (Å²) < 4.78 is 4.65. The Morgan fingerprint density at radius 2 is 1.46 bits per heavy atom. The van der Waals surface area contributed by atoms with E-state index in [2.05, 4.69) is 25.3 Å². The number of ether oxygens (including phenoxy) is 1. The monoisotopic (exact) mass is 379 g/mol. The first-order valence-corrected chi connectivity index (χ1v) is 8.26. The van der Waals surface area contributed by atoms with Gasteiger partial charge in [0.05, 0.1) is 17.6 Å². The van der Waals surface area contributed by atoms with Gasteiger partial charge in [-0.2, -0.15) is 0 Å². The van der Waals surface area contributed by atoms with Crippen molar-refractivity contribution >= 4 is 34.7 Å². The van der Waals surface area contributed by atoms with E-state index in [-0.39, 0.29) is 17.3 Å². The van der Waals surface area contributed by atoms with Gasteiger partial charge in [-0.3, -0.25) is 10.1 Å². The van der Waals surface area contributed by atoms with E-state index in [1.807, 2.05) is 19.1 Å². The fourth-order valence-electron chi connectivity index (χ4n) is 2.45. The fourth-order valence-corrected chi connectivity index (χ4v) is 2.45. The van der Waals surface area contributed by atoms with Crippen LogP contribution in [-0.4, -0.2) is 28.0 Å². The van der Waals surface area contributed by atoms with Crippen LogP contribution < -0.4 is 10.6 Å². The molecule has 0 spiro atoms. The second kappa shape index (κ2) is 8.12. The Hall–Kier alpha value is -4.01. The van der Waals surface area contributed by atoms with Gasteiger partial charge in [0.2, 0.25) is 11.6 Å². The summed E-state index contributed by atoms with van der Waals surface area (Å²) in [5.41, 5.74) is 2.34. The van der Waals surface area contributed by atoms with E-state index in [9.17, 15) is 14.9 Å². The zero-order chi connectivity index (χ0) is 20.1. The molecule has 3 aromatic rings. The van der Waals surface area contributed by atoms with Gasteiger partial charge in [0.25, 0.3) is 0 Å². The molecule has 28 heavy (non-hydrogen) atoms. The van der Waals surface area contributed by atoms with Crippen LogP contribution in [0.2, 0.25) is 0 Å². The second-order valence-electron chi connectivity index (χ2n) is 5.86. The van der Waals surface area contributed by atoms with Crippen molar-refractivity contribution in [3.63, 3.8) is 0 Å². The minimum absolute atomic E-state index is 0.0282. The van der Waals surface area contributed by atoms with Crippen LogP contribution in [-0.2, 0) is 4.74 Å². The summed E-state index contributed by atoms with van der Waals surface area (Å²) >= 11 is 0. The van der Waals surface area contributed by atoms with Crippen molar-refractivity contribution in [1.82, 2.24) is 9.97 Å². The highest BCUT2D eigenvalue weighted by atomic mass is 16.6. The number of carbonyl (C=O) groups excluding carboxylic acids is 1. The van der Waals surface area contributed by atoms with Gasteiger partial charge in [-0.25, -0.2) is 14.8 Å². The third kappa shape index (κ3) is 4.21. The van der Waals surface area contributed by atoms with Crippen LogP contribution in [0.1, 0.15) is 15.9 Å². The molecular formula is C19H17N5O4. The SMILES string of the molecule is COC(=O)c1ccc(Nc2ncnc(Nc3ccc(C)cc3)c2[N+](=O)[O-])cc1. The third-order valence-electron chi connectivity index (χ3n) is 3.89. The summed E-state index contributed by atoms with van der Waals surface area (Å²) in [7, 11) is 1.29. The molecule has 1 aromatic heterocycles. The number of esters is 1. The molecule has 0 saturated carbocycles. The van der Waals surface area contributed by atoms with Crippen molar-refractivity contribution < 1.29 is 14.5 Å². The Bertz CT molecular complexity index is 1000. The lowest BCUT2D eigenvalue weighted by atomic mass is 10.2. The van der Waals surface area contributed by atoms with Gasteiger partial charge >= 0.3 is 11.7 Å². The van der Waals surface area contributed by atoms with Crippen LogP contribution in [0.5, 0.6) is 0 Å². The molecule has 9 nitrogen and oxygen atoms in total. The van der Waals surface area contributed by atoms with Crippen LogP contribution in [0.15, 0.2) is 54.9 Å². The maximum atomic E-state index is 11.6. The Balaban J connectivity index is 1.89. The van der Waals surface area contributed by atoms with Gasteiger partial charge in [0.15, 0.2) is 0 Å². The minimum Gasteiger partial charge on any atom is -0.465 e. The smallest absolute Gasteiger partial charge is 0.353 e. The molecule has 2 N–H and O–H groups in total. The summed E-state index contributed by atoms with van der Waals surface area (Å²) in [5.74, 6) is -0.373. The van der Waals surface area contributed by atoms with E-state index < -0.39 is 10.9 Å². The number of benzene rings is 2. The number of hydrogen-bond donors (Lipinski definition) is 2. The van der Waals surface area contributed by atoms with Gasteiger partial charge in [-0.05, 0) is 43.3 Å². The van der Waals surface area contributed by atoms with Crippen molar-refractivity contribution in [2.45, 2.75) is 6.92 Å². The molecule has 2 aromatic carbocycles. The predicted molar refractivity (Wildman–Crippen MR) is 104 cm³/mol. The summed E-state index contributed by atoms with van der Waals surface area (Å²) in [5, 5.41) is 17.5. The summed E-state index contributed by atoms with van der Waals surface area (Å²) in [6.45, 7) is 1.95. The average molecular weight is 379 g/mol. The van der Waals surface area contributed by atoms with Crippen LogP contribution in [0, 0.1) is 17.0 Å². The number of hydrogen-bond acceptors (Lipinski definition) is 8. The van der Waals surface area contributed by atoms with Crippen LogP contribution in [0.25, 0.3) is 0 Å². The number of aromatic nitrogens is 2. The zero-order valence-corrected chi connectivity index (χ0v) is 15.2. The zero-order valence-electron chi connectivity index (χ0n) is 15.2. The average Bonchev–Trinajstić information content (AvgIpc) is 2.69. The molecule has 0 radical (unpaired) electrons. The minimum atomic E-state index is -0.554.